The number of nitrogens with one attached hydrogen (secondary N) is 1. The second-order valence-electron chi connectivity index (χ2n) is 9.68. The first-order chi connectivity index (χ1) is 16.7. The highest BCUT2D eigenvalue weighted by Gasteiger charge is 2.30. The summed E-state index contributed by atoms with van der Waals surface area (Å²) in [5.41, 5.74) is 1.40. The highest BCUT2D eigenvalue weighted by atomic mass is 35.5. The van der Waals surface area contributed by atoms with Crippen molar-refractivity contribution < 1.29 is 27.5 Å². The number of rotatable bonds is 6. The van der Waals surface area contributed by atoms with Crippen molar-refractivity contribution in [3.8, 4) is 0 Å². The monoisotopic (exact) mass is 554 g/mol. The van der Waals surface area contributed by atoms with Crippen LogP contribution in [-0.2, 0) is 38.8 Å². The second-order valence-corrected chi connectivity index (χ2v) is 12.5. The average molecular weight is 555 g/mol. The molecule has 3 rings (SSSR count). The molecular formula is C25H28Cl2N2O6S. The number of amides is 2. The van der Waals surface area contributed by atoms with Gasteiger partial charge in [-0.05, 0) is 68.5 Å². The van der Waals surface area contributed by atoms with Crippen LogP contribution in [0, 0.1) is 0 Å². The molecule has 0 radical (unpaired) electrons. The van der Waals surface area contributed by atoms with Crippen LogP contribution in [0.5, 0.6) is 0 Å². The molecule has 194 valence electrons. The van der Waals surface area contributed by atoms with Crippen molar-refractivity contribution in [1.82, 2.24) is 10.2 Å². The Morgan fingerprint density at radius 2 is 1.92 bits per heavy atom. The summed E-state index contributed by atoms with van der Waals surface area (Å²) in [6.07, 6.45) is 1.71. The van der Waals surface area contributed by atoms with E-state index in [2.05, 4.69) is 5.32 Å². The maximum absolute atomic E-state index is 13.1. The van der Waals surface area contributed by atoms with Crippen LogP contribution in [0.15, 0.2) is 35.2 Å². The topological polar surface area (TPSA) is 110 Å². The molecule has 0 fully saturated rings. The molecule has 0 bridgehead atoms. The molecule has 0 saturated heterocycles. The number of benzene rings is 2. The van der Waals surface area contributed by atoms with Gasteiger partial charge in [0, 0.05) is 19.3 Å². The fourth-order valence-corrected chi connectivity index (χ4v) is 5.33. The van der Waals surface area contributed by atoms with Crippen LogP contribution in [0.4, 0.5) is 4.79 Å². The van der Waals surface area contributed by atoms with Crippen LogP contribution in [0.2, 0.25) is 10.0 Å². The number of nitrogens with zero attached hydrogens (tertiary/aromatic N) is 1. The molecular weight excluding hydrogens is 527 g/mol. The Bertz CT molecular complexity index is 1300. The van der Waals surface area contributed by atoms with Crippen LogP contribution in [0.25, 0.3) is 0 Å². The van der Waals surface area contributed by atoms with E-state index < -0.39 is 33.5 Å². The predicted octanol–water partition coefficient (Wildman–Crippen LogP) is 4.23. The molecule has 1 heterocycles. The third-order valence-electron chi connectivity index (χ3n) is 5.55. The fraction of sp³-hybridized carbons (Fsp3) is 0.400. The second kappa shape index (κ2) is 10.8. The maximum Gasteiger partial charge on any atom is 0.410 e. The first-order valence-electron chi connectivity index (χ1n) is 11.2. The molecule has 2 aromatic carbocycles. The van der Waals surface area contributed by atoms with Gasteiger partial charge in [-0.25, -0.2) is 13.2 Å². The third-order valence-corrected chi connectivity index (χ3v) is 7.37. The number of aldehydes is 1. The van der Waals surface area contributed by atoms with Gasteiger partial charge in [-0.3, -0.25) is 4.79 Å². The number of hydrogen-bond donors (Lipinski definition) is 1. The molecule has 0 saturated carbocycles. The summed E-state index contributed by atoms with van der Waals surface area (Å²) in [7, 11) is -3.42. The van der Waals surface area contributed by atoms with Gasteiger partial charge in [0.05, 0.1) is 26.5 Å². The van der Waals surface area contributed by atoms with E-state index in [0.717, 1.165) is 6.26 Å². The summed E-state index contributed by atoms with van der Waals surface area (Å²) in [5, 5.41) is 2.88. The molecule has 11 heteroatoms. The molecule has 2 aromatic rings. The number of sulfone groups is 1. The van der Waals surface area contributed by atoms with Crippen molar-refractivity contribution >= 4 is 51.3 Å². The normalized spacial score (nSPS) is 14.6. The van der Waals surface area contributed by atoms with Crippen LogP contribution in [0.1, 0.15) is 47.8 Å². The SMILES string of the molecule is CC(C)(C)OC(=O)N1CCc2c(cc(Cl)c(C(=O)N[C@H](C=O)Cc3cccc(S(C)(=O)=O)c3)c2Cl)C1. The van der Waals surface area contributed by atoms with Crippen molar-refractivity contribution in [3.63, 3.8) is 0 Å². The first kappa shape index (κ1) is 28.0. The highest BCUT2D eigenvalue weighted by molar-refractivity contribution is 7.90. The number of carbonyl (C=O) groups excluding carboxylic acids is 3. The lowest BCUT2D eigenvalue weighted by Crippen LogP contribution is -2.40. The summed E-state index contributed by atoms with van der Waals surface area (Å²) >= 11 is 13.0. The van der Waals surface area contributed by atoms with Gasteiger partial charge >= 0.3 is 6.09 Å². The summed E-state index contributed by atoms with van der Waals surface area (Å²) in [6, 6.07) is 6.84. The number of halogens is 2. The van der Waals surface area contributed by atoms with E-state index in [1.54, 1.807) is 43.9 Å². The maximum atomic E-state index is 13.1. The number of fused-ring (bicyclic) bond motifs is 1. The molecule has 1 aliphatic heterocycles. The molecule has 8 nitrogen and oxygen atoms in total. The lowest BCUT2D eigenvalue weighted by molar-refractivity contribution is -0.109. The van der Waals surface area contributed by atoms with Crippen molar-refractivity contribution in [3.05, 3.63) is 62.6 Å². The smallest absolute Gasteiger partial charge is 0.410 e. The van der Waals surface area contributed by atoms with E-state index >= 15 is 0 Å². The van der Waals surface area contributed by atoms with Crippen LogP contribution in [0.3, 0.4) is 0 Å². The lowest BCUT2D eigenvalue weighted by Gasteiger charge is -2.32. The molecule has 2 amide bonds. The quantitative estimate of drug-likeness (QED) is 0.535. The number of hydrogen-bond acceptors (Lipinski definition) is 6. The average Bonchev–Trinajstić information content (AvgIpc) is 2.76. The van der Waals surface area contributed by atoms with Gasteiger partial charge in [0.1, 0.15) is 11.9 Å². The Morgan fingerprint density at radius 1 is 1.22 bits per heavy atom. The fourth-order valence-electron chi connectivity index (χ4n) is 3.87. The zero-order valence-corrected chi connectivity index (χ0v) is 22.8. The largest absolute Gasteiger partial charge is 0.444 e. The summed E-state index contributed by atoms with van der Waals surface area (Å²) in [4.78, 5) is 38.9. The van der Waals surface area contributed by atoms with Gasteiger partial charge < -0.3 is 19.7 Å². The zero-order valence-electron chi connectivity index (χ0n) is 20.4. The van der Waals surface area contributed by atoms with Gasteiger partial charge in [0.15, 0.2) is 9.84 Å². The van der Waals surface area contributed by atoms with E-state index in [1.807, 2.05) is 0 Å². The third kappa shape index (κ3) is 6.78. The van der Waals surface area contributed by atoms with E-state index in [1.165, 1.54) is 12.1 Å². The van der Waals surface area contributed by atoms with Crippen molar-refractivity contribution in [2.24, 2.45) is 0 Å². The Labute approximate surface area is 220 Å². The lowest BCUT2D eigenvalue weighted by atomic mass is 9.96. The molecule has 36 heavy (non-hydrogen) atoms. The zero-order chi connectivity index (χ0) is 26.8. The molecule has 0 unspecified atom stereocenters. The highest BCUT2D eigenvalue weighted by Crippen LogP contribution is 2.35. The summed E-state index contributed by atoms with van der Waals surface area (Å²) in [5.74, 6) is -0.626. The standard InChI is InChI=1S/C25H28Cl2N2O6S/c1-25(2,3)35-24(32)29-9-8-19-16(13-29)12-20(26)21(22(19)27)23(31)28-17(14-30)10-15-6-5-7-18(11-15)36(4,33)34/h5-7,11-12,14,17H,8-10,13H2,1-4H3,(H,28,31)/t17-/m0/s1. The minimum absolute atomic E-state index is 0.0412. The van der Waals surface area contributed by atoms with Gasteiger partial charge in [0.25, 0.3) is 5.91 Å². The van der Waals surface area contributed by atoms with E-state index in [0.29, 0.717) is 35.9 Å². The van der Waals surface area contributed by atoms with E-state index in [4.69, 9.17) is 27.9 Å². The molecule has 1 N–H and O–H groups in total. The van der Waals surface area contributed by atoms with Crippen molar-refractivity contribution in [1.29, 1.82) is 0 Å². The first-order valence-corrected chi connectivity index (χ1v) is 13.9. The van der Waals surface area contributed by atoms with E-state index in [-0.39, 0.29) is 33.5 Å². The minimum atomic E-state index is -3.42. The van der Waals surface area contributed by atoms with Crippen LogP contribution >= 0.6 is 23.2 Å². The van der Waals surface area contributed by atoms with Crippen molar-refractivity contribution in [2.45, 2.75) is 56.7 Å². The molecule has 1 aliphatic rings. The minimum Gasteiger partial charge on any atom is -0.444 e. The Morgan fingerprint density at radius 3 is 2.53 bits per heavy atom. The number of carbonyl (C=O) groups is 3. The molecule has 0 aromatic heterocycles. The van der Waals surface area contributed by atoms with Gasteiger partial charge in [-0.2, -0.15) is 0 Å². The van der Waals surface area contributed by atoms with Gasteiger partial charge in [-0.1, -0.05) is 35.3 Å². The molecule has 0 spiro atoms. The summed E-state index contributed by atoms with van der Waals surface area (Å²) in [6.45, 7) is 5.96. The Balaban J connectivity index is 1.78. The van der Waals surface area contributed by atoms with E-state index in [9.17, 15) is 22.8 Å². The Kier molecular flexibility index (Phi) is 8.37. The van der Waals surface area contributed by atoms with Crippen molar-refractivity contribution in [2.75, 3.05) is 12.8 Å². The molecule has 0 aliphatic carbocycles. The molecule has 1 atom stereocenters. The Hall–Kier alpha value is -2.62. The van der Waals surface area contributed by atoms with Crippen LogP contribution in [-0.4, -0.2) is 56.0 Å². The number of ether oxygens (including phenoxy) is 1. The van der Waals surface area contributed by atoms with Gasteiger partial charge in [-0.15, -0.1) is 0 Å². The predicted molar refractivity (Wildman–Crippen MR) is 137 cm³/mol. The summed E-state index contributed by atoms with van der Waals surface area (Å²) < 4.78 is 29.1. The van der Waals surface area contributed by atoms with Crippen LogP contribution < -0.4 is 5.32 Å². The van der Waals surface area contributed by atoms with Gasteiger partial charge in [0.2, 0.25) is 0 Å².